The van der Waals surface area contributed by atoms with Gasteiger partial charge < -0.3 is 18.9 Å². The molecule has 0 aliphatic carbocycles. The van der Waals surface area contributed by atoms with Crippen LogP contribution in [0.4, 0.5) is 0 Å². The van der Waals surface area contributed by atoms with E-state index < -0.39 is 0 Å². The van der Waals surface area contributed by atoms with Gasteiger partial charge in [0.2, 0.25) is 5.91 Å². The Hall–Kier alpha value is -2.06. The zero-order valence-electron chi connectivity index (χ0n) is 15.2. The zero-order chi connectivity index (χ0) is 18.4. The van der Waals surface area contributed by atoms with Crippen LogP contribution >= 0.6 is 11.8 Å². The number of carbonyl (C=O) groups excluding carboxylic acids is 1. The maximum Gasteiger partial charge on any atom is 0.233 e. The first-order chi connectivity index (χ1) is 12.7. The third-order valence-electron chi connectivity index (χ3n) is 4.19. The number of hydrogen-bond donors (Lipinski definition) is 0. The van der Waals surface area contributed by atoms with Gasteiger partial charge in [-0.25, -0.2) is 0 Å². The minimum Gasteiger partial charge on any atom is -0.486 e. The van der Waals surface area contributed by atoms with E-state index in [0.29, 0.717) is 38.7 Å². The molecule has 3 rings (SSSR count). The quantitative estimate of drug-likeness (QED) is 0.690. The van der Waals surface area contributed by atoms with Crippen molar-refractivity contribution in [2.75, 3.05) is 32.1 Å². The minimum atomic E-state index is 0.112. The van der Waals surface area contributed by atoms with Crippen LogP contribution in [-0.4, -0.2) is 57.6 Å². The summed E-state index contributed by atoms with van der Waals surface area (Å²) in [6, 6.07) is 7.91. The van der Waals surface area contributed by atoms with Gasteiger partial charge >= 0.3 is 0 Å². The molecule has 140 valence electrons. The van der Waals surface area contributed by atoms with Crippen molar-refractivity contribution < 1.29 is 14.3 Å². The van der Waals surface area contributed by atoms with Crippen LogP contribution in [0.2, 0.25) is 0 Å². The lowest BCUT2D eigenvalue weighted by Crippen LogP contribution is -2.41. The van der Waals surface area contributed by atoms with E-state index in [1.165, 1.54) is 17.3 Å². The number of thioether (sulfide) groups is 1. The van der Waals surface area contributed by atoms with Gasteiger partial charge in [0.25, 0.3) is 0 Å². The fraction of sp³-hybridized carbons (Fsp3) is 0.500. The Morgan fingerprint density at radius 1 is 1.23 bits per heavy atom. The SMILES string of the molecule is CCn1c(COc2ccc(C)cc2)nnc1SCC(=O)N1CCOCC1. The third kappa shape index (κ3) is 4.76. The maximum absolute atomic E-state index is 12.3. The number of aromatic nitrogens is 3. The normalized spacial score (nSPS) is 14.5. The number of ether oxygens (including phenoxy) is 2. The molecular weight excluding hydrogens is 352 g/mol. The summed E-state index contributed by atoms with van der Waals surface area (Å²) in [5.74, 6) is 2.03. The molecule has 0 bridgehead atoms. The smallest absolute Gasteiger partial charge is 0.233 e. The number of amides is 1. The van der Waals surface area contributed by atoms with Crippen LogP contribution in [-0.2, 0) is 22.7 Å². The van der Waals surface area contributed by atoms with Crippen LogP contribution in [0, 0.1) is 6.92 Å². The van der Waals surface area contributed by atoms with E-state index in [9.17, 15) is 4.79 Å². The summed E-state index contributed by atoms with van der Waals surface area (Å²) < 4.78 is 13.1. The Kier molecular flexibility index (Phi) is 6.51. The number of rotatable bonds is 7. The van der Waals surface area contributed by atoms with Crippen LogP contribution < -0.4 is 4.74 Å². The highest BCUT2D eigenvalue weighted by atomic mass is 32.2. The van der Waals surface area contributed by atoms with Crippen molar-refractivity contribution in [1.29, 1.82) is 0 Å². The third-order valence-corrected chi connectivity index (χ3v) is 5.14. The van der Waals surface area contributed by atoms with Gasteiger partial charge in [0, 0.05) is 19.6 Å². The lowest BCUT2D eigenvalue weighted by atomic mass is 10.2. The molecular formula is C18H24N4O3S. The molecule has 0 unspecified atom stereocenters. The summed E-state index contributed by atoms with van der Waals surface area (Å²) >= 11 is 1.42. The molecule has 0 saturated carbocycles. The van der Waals surface area contributed by atoms with Crippen LogP contribution in [0.5, 0.6) is 5.75 Å². The van der Waals surface area contributed by atoms with E-state index in [2.05, 4.69) is 10.2 Å². The molecule has 0 spiro atoms. The van der Waals surface area contributed by atoms with E-state index in [1.54, 1.807) is 0 Å². The number of benzene rings is 1. The number of carbonyl (C=O) groups is 1. The minimum absolute atomic E-state index is 0.112. The lowest BCUT2D eigenvalue weighted by Gasteiger charge is -2.26. The Morgan fingerprint density at radius 3 is 2.65 bits per heavy atom. The van der Waals surface area contributed by atoms with Gasteiger partial charge in [-0.2, -0.15) is 0 Å². The summed E-state index contributed by atoms with van der Waals surface area (Å²) in [6.45, 7) is 7.70. The van der Waals surface area contributed by atoms with Crippen LogP contribution in [0.1, 0.15) is 18.3 Å². The second-order valence-electron chi connectivity index (χ2n) is 6.03. The number of aryl methyl sites for hydroxylation is 1. The van der Waals surface area contributed by atoms with Gasteiger partial charge in [0.05, 0.1) is 19.0 Å². The highest BCUT2D eigenvalue weighted by Crippen LogP contribution is 2.19. The van der Waals surface area contributed by atoms with Crippen LogP contribution in [0.15, 0.2) is 29.4 Å². The lowest BCUT2D eigenvalue weighted by molar-refractivity contribution is -0.132. The second-order valence-corrected chi connectivity index (χ2v) is 6.97. The molecule has 1 saturated heterocycles. The molecule has 1 fully saturated rings. The first kappa shape index (κ1) is 18.7. The van der Waals surface area contributed by atoms with Crippen molar-refractivity contribution in [3.05, 3.63) is 35.7 Å². The molecule has 1 aliphatic rings. The molecule has 1 aliphatic heterocycles. The summed E-state index contributed by atoms with van der Waals surface area (Å²) in [5.41, 5.74) is 1.19. The molecule has 0 radical (unpaired) electrons. The first-order valence-corrected chi connectivity index (χ1v) is 9.75. The van der Waals surface area contributed by atoms with E-state index in [0.717, 1.165) is 23.3 Å². The van der Waals surface area contributed by atoms with Gasteiger partial charge in [-0.05, 0) is 26.0 Å². The molecule has 0 atom stereocenters. The Balaban J connectivity index is 1.56. The summed E-state index contributed by atoms with van der Waals surface area (Å²) in [4.78, 5) is 14.1. The van der Waals surface area contributed by atoms with Crippen molar-refractivity contribution in [1.82, 2.24) is 19.7 Å². The topological polar surface area (TPSA) is 69.5 Å². The van der Waals surface area contributed by atoms with Crippen molar-refractivity contribution in [2.45, 2.75) is 32.2 Å². The predicted octanol–water partition coefficient (Wildman–Crippen LogP) is 2.14. The standard InChI is InChI=1S/C18H24N4O3S/c1-3-22-16(12-25-15-6-4-14(2)5-7-15)19-20-18(22)26-13-17(23)21-8-10-24-11-9-21/h4-7H,3,8-13H2,1-2H3. The molecule has 1 aromatic carbocycles. The summed E-state index contributed by atoms with van der Waals surface area (Å²) in [5, 5.41) is 9.21. The number of nitrogens with zero attached hydrogens (tertiary/aromatic N) is 4. The van der Waals surface area contributed by atoms with Crippen molar-refractivity contribution in [3.8, 4) is 5.75 Å². The average molecular weight is 376 g/mol. The second kappa shape index (κ2) is 9.05. The Bertz CT molecular complexity index is 727. The Labute approximate surface area is 157 Å². The van der Waals surface area contributed by atoms with Crippen molar-refractivity contribution in [3.63, 3.8) is 0 Å². The van der Waals surface area contributed by atoms with Crippen molar-refractivity contribution in [2.24, 2.45) is 0 Å². The van der Waals surface area contributed by atoms with Gasteiger partial charge in [-0.1, -0.05) is 29.5 Å². The van der Waals surface area contributed by atoms with Crippen LogP contribution in [0.25, 0.3) is 0 Å². The fourth-order valence-corrected chi connectivity index (χ4v) is 3.59. The molecule has 1 amide bonds. The summed E-state index contributed by atoms with van der Waals surface area (Å²) in [7, 11) is 0. The van der Waals surface area contributed by atoms with Gasteiger partial charge in [-0.15, -0.1) is 10.2 Å². The molecule has 2 heterocycles. The average Bonchev–Trinajstić information content (AvgIpc) is 3.08. The highest BCUT2D eigenvalue weighted by Gasteiger charge is 2.19. The zero-order valence-corrected chi connectivity index (χ0v) is 16.0. The monoisotopic (exact) mass is 376 g/mol. The highest BCUT2D eigenvalue weighted by molar-refractivity contribution is 7.99. The number of hydrogen-bond acceptors (Lipinski definition) is 6. The summed E-state index contributed by atoms with van der Waals surface area (Å²) in [6.07, 6.45) is 0. The largest absolute Gasteiger partial charge is 0.486 e. The predicted molar refractivity (Wildman–Crippen MR) is 99.3 cm³/mol. The van der Waals surface area contributed by atoms with Gasteiger partial charge in [0.15, 0.2) is 11.0 Å². The molecule has 2 aromatic rings. The van der Waals surface area contributed by atoms with Gasteiger partial charge in [0.1, 0.15) is 12.4 Å². The van der Waals surface area contributed by atoms with Crippen molar-refractivity contribution >= 4 is 17.7 Å². The molecule has 8 heteroatoms. The van der Waals surface area contributed by atoms with Gasteiger partial charge in [-0.3, -0.25) is 4.79 Å². The van der Waals surface area contributed by atoms with E-state index in [4.69, 9.17) is 9.47 Å². The maximum atomic E-state index is 12.3. The fourth-order valence-electron chi connectivity index (χ4n) is 2.66. The van der Waals surface area contributed by atoms with Crippen LogP contribution in [0.3, 0.4) is 0 Å². The molecule has 26 heavy (non-hydrogen) atoms. The molecule has 1 aromatic heterocycles. The van der Waals surface area contributed by atoms with E-state index in [-0.39, 0.29) is 5.91 Å². The Morgan fingerprint density at radius 2 is 1.96 bits per heavy atom. The molecule has 0 N–H and O–H groups in total. The first-order valence-electron chi connectivity index (χ1n) is 8.77. The number of morpholine rings is 1. The van der Waals surface area contributed by atoms with E-state index >= 15 is 0 Å². The molecule has 7 nitrogen and oxygen atoms in total. The van der Waals surface area contributed by atoms with E-state index in [1.807, 2.05) is 47.6 Å².